The van der Waals surface area contributed by atoms with E-state index in [-0.39, 0.29) is 17.9 Å². The van der Waals surface area contributed by atoms with E-state index in [9.17, 15) is 9.59 Å². The number of anilines is 2. The van der Waals surface area contributed by atoms with Crippen LogP contribution in [0.25, 0.3) is 0 Å². The lowest BCUT2D eigenvalue weighted by molar-refractivity contribution is -0.117. The summed E-state index contributed by atoms with van der Waals surface area (Å²) in [5.41, 5.74) is 2.37. The van der Waals surface area contributed by atoms with Crippen LogP contribution in [0.15, 0.2) is 18.2 Å². The zero-order valence-corrected chi connectivity index (χ0v) is 11.8. The third-order valence-corrected chi connectivity index (χ3v) is 3.79. The van der Waals surface area contributed by atoms with Crippen LogP contribution < -0.4 is 16.0 Å². The highest BCUT2D eigenvalue weighted by atomic mass is 32.2. The number of hydrogen-bond acceptors (Lipinski definition) is 4. The first-order valence-electron chi connectivity index (χ1n) is 6.06. The maximum Gasteiger partial charge on any atom is 0.242 e. The lowest BCUT2D eigenvalue weighted by atomic mass is 10.1. The van der Waals surface area contributed by atoms with Gasteiger partial charge >= 0.3 is 0 Å². The summed E-state index contributed by atoms with van der Waals surface area (Å²) in [7, 11) is 0. The molecule has 1 atom stereocenters. The van der Waals surface area contributed by atoms with Crippen molar-refractivity contribution in [2.24, 2.45) is 0 Å². The van der Waals surface area contributed by atoms with E-state index < -0.39 is 0 Å². The summed E-state index contributed by atoms with van der Waals surface area (Å²) in [5, 5.41) is 8.72. The smallest absolute Gasteiger partial charge is 0.242 e. The normalized spacial score (nSPS) is 18.1. The Balaban J connectivity index is 2.07. The fourth-order valence-electron chi connectivity index (χ4n) is 1.82. The highest BCUT2D eigenvalue weighted by Gasteiger charge is 2.22. The van der Waals surface area contributed by atoms with Crippen molar-refractivity contribution in [3.8, 4) is 0 Å². The van der Waals surface area contributed by atoms with Gasteiger partial charge in [0.15, 0.2) is 0 Å². The molecule has 1 aromatic rings. The maximum absolute atomic E-state index is 12.0. The van der Waals surface area contributed by atoms with E-state index in [2.05, 4.69) is 16.0 Å². The van der Waals surface area contributed by atoms with Gasteiger partial charge in [-0.05, 0) is 24.6 Å². The van der Waals surface area contributed by atoms with Crippen molar-refractivity contribution in [2.75, 3.05) is 22.3 Å². The Morgan fingerprint density at radius 1 is 1.37 bits per heavy atom. The zero-order valence-electron chi connectivity index (χ0n) is 10.9. The van der Waals surface area contributed by atoms with Crippen molar-refractivity contribution in [1.29, 1.82) is 0 Å². The van der Waals surface area contributed by atoms with Crippen molar-refractivity contribution < 1.29 is 9.59 Å². The van der Waals surface area contributed by atoms with Crippen molar-refractivity contribution >= 4 is 35.0 Å². The third-order valence-electron chi connectivity index (χ3n) is 2.85. The van der Waals surface area contributed by atoms with E-state index in [0.29, 0.717) is 5.69 Å². The predicted octanol–water partition coefficient (Wildman–Crippen LogP) is 1.55. The summed E-state index contributed by atoms with van der Waals surface area (Å²) < 4.78 is 0. The Bertz CT molecular complexity index is 499. The molecular formula is C13H17N3O2S. The molecule has 2 rings (SSSR count). The molecule has 5 nitrogen and oxygen atoms in total. The van der Waals surface area contributed by atoms with E-state index in [1.54, 1.807) is 17.8 Å². The minimum Gasteiger partial charge on any atom is -0.326 e. The average Bonchev–Trinajstić information content (AvgIpc) is 2.86. The second-order valence-corrected chi connectivity index (χ2v) is 5.50. The van der Waals surface area contributed by atoms with Gasteiger partial charge in [0.1, 0.15) is 0 Å². The average molecular weight is 279 g/mol. The topological polar surface area (TPSA) is 70.2 Å². The minimum absolute atomic E-state index is 0.0392. The number of hydrogen-bond donors (Lipinski definition) is 3. The summed E-state index contributed by atoms with van der Waals surface area (Å²) >= 11 is 1.71. The second-order valence-electron chi connectivity index (χ2n) is 4.47. The van der Waals surface area contributed by atoms with E-state index in [1.165, 1.54) is 6.92 Å². The zero-order chi connectivity index (χ0) is 13.8. The van der Waals surface area contributed by atoms with Crippen molar-refractivity contribution in [3.63, 3.8) is 0 Å². The van der Waals surface area contributed by atoms with Gasteiger partial charge in [0, 0.05) is 29.9 Å². The van der Waals surface area contributed by atoms with Crippen LogP contribution in [0.1, 0.15) is 12.5 Å². The summed E-state index contributed by atoms with van der Waals surface area (Å²) in [6, 6.07) is 5.34. The van der Waals surface area contributed by atoms with Crippen LogP contribution in [0.3, 0.4) is 0 Å². The molecule has 19 heavy (non-hydrogen) atoms. The summed E-state index contributed by atoms with van der Waals surface area (Å²) in [4.78, 5) is 23.1. The fourth-order valence-corrected chi connectivity index (χ4v) is 2.76. The highest BCUT2D eigenvalue weighted by molar-refractivity contribution is 7.99. The Kier molecular flexibility index (Phi) is 4.44. The molecule has 2 amide bonds. The minimum atomic E-state index is -0.143. The predicted molar refractivity (Wildman–Crippen MR) is 78.4 cm³/mol. The molecule has 1 unspecified atom stereocenters. The number of aryl methyl sites for hydroxylation is 1. The Labute approximate surface area is 116 Å². The number of carbonyl (C=O) groups is 2. The SMILES string of the molecule is CC(=O)Nc1cc(NC(=O)C2CSCN2)ccc1C. The maximum atomic E-state index is 12.0. The molecule has 1 aromatic carbocycles. The van der Waals surface area contributed by atoms with Gasteiger partial charge in [-0.15, -0.1) is 11.8 Å². The third kappa shape index (κ3) is 3.71. The molecule has 1 aliphatic rings. The highest BCUT2D eigenvalue weighted by Crippen LogP contribution is 2.21. The molecule has 0 spiro atoms. The van der Waals surface area contributed by atoms with E-state index in [0.717, 1.165) is 22.9 Å². The lowest BCUT2D eigenvalue weighted by Gasteiger charge is -2.13. The molecule has 1 aliphatic heterocycles. The standard InChI is InChI=1S/C13H17N3O2S/c1-8-3-4-10(5-11(8)15-9(2)17)16-13(18)12-6-19-7-14-12/h3-5,12,14H,6-7H2,1-2H3,(H,15,17)(H,16,18). The largest absolute Gasteiger partial charge is 0.326 e. The first-order valence-corrected chi connectivity index (χ1v) is 7.22. The number of thioether (sulfide) groups is 1. The molecule has 6 heteroatoms. The van der Waals surface area contributed by atoms with Gasteiger partial charge in [0.25, 0.3) is 0 Å². The van der Waals surface area contributed by atoms with Crippen molar-refractivity contribution in [1.82, 2.24) is 5.32 Å². The summed E-state index contributed by atoms with van der Waals surface area (Å²) in [6.45, 7) is 3.37. The quantitative estimate of drug-likeness (QED) is 0.785. The van der Waals surface area contributed by atoms with Gasteiger partial charge in [-0.2, -0.15) is 0 Å². The van der Waals surface area contributed by atoms with Gasteiger partial charge in [0.2, 0.25) is 11.8 Å². The fraction of sp³-hybridized carbons (Fsp3) is 0.385. The second kappa shape index (κ2) is 6.08. The Morgan fingerprint density at radius 2 is 2.16 bits per heavy atom. The summed E-state index contributed by atoms with van der Waals surface area (Å²) in [6.07, 6.45) is 0. The Hall–Kier alpha value is -1.53. The molecule has 0 bridgehead atoms. The molecule has 0 radical (unpaired) electrons. The molecule has 0 saturated carbocycles. The molecular weight excluding hydrogens is 262 g/mol. The molecule has 102 valence electrons. The van der Waals surface area contributed by atoms with Crippen LogP contribution in [0.5, 0.6) is 0 Å². The van der Waals surface area contributed by atoms with E-state index in [1.807, 2.05) is 19.1 Å². The van der Waals surface area contributed by atoms with Gasteiger partial charge in [0.05, 0.1) is 6.04 Å². The monoisotopic (exact) mass is 279 g/mol. The van der Waals surface area contributed by atoms with Gasteiger partial charge in [-0.25, -0.2) is 0 Å². The molecule has 0 aliphatic carbocycles. The van der Waals surface area contributed by atoms with Crippen molar-refractivity contribution in [2.45, 2.75) is 19.9 Å². The molecule has 0 aromatic heterocycles. The first kappa shape index (κ1) is 13.9. The molecule has 1 heterocycles. The number of nitrogens with one attached hydrogen (secondary N) is 3. The van der Waals surface area contributed by atoms with Crippen LogP contribution in [0, 0.1) is 6.92 Å². The van der Waals surface area contributed by atoms with Gasteiger partial charge < -0.3 is 10.6 Å². The van der Waals surface area contributed by atoms with Crippen LogP contribution in [0.2, 0.25) is 0 Å². The lowest BCUT2D eigenvalue weighted by Crippen LogP contribution is -2.37. The number of amides is 2. The number of carbonyl (C=O) groups excluding carboxylic acids is 2. The molecule has 1 fully saturated rings. The number of benzene rings is 1. The Morgan fingerprint density at radius 3 is 2.79 bits per heavy atom. The van der Waals surface area contributed by atoms with Crippen LogP contribution in [0.4, 0.5) is 11.4 Å². The van der Waals surface area contributed by atoms with Crippen LogP contribution in [-0.2, 0) is 9.59 Å². The number of rotatable bonds is 3. The van der Waals surface area contributed by atoms with Crippen LogP contribution >= 0.6 is 11.8 Å². The summed E-state index contributed by atoms with van der Waals surface area (Å²) in [5.74, 6) is 1.43. The van der Waals surface area contributed by atoms with Crippen molar-refractivity contribution in [3.05, 3.63) is 23.8 Å². The first-order chi connectivity index (χ1) is 9.06. The van der Waals surface area contributed by atoms with E-state index in [4.69, 9.17) is 0 Å². The molecule has 1 saturated heterocycles. The van der Waals surface area contributed by atoms with Crippen LogP contribution in [-0.4, -0.2) is 29.5 Å². The molecule has 3 N–H and O–H groups in total. The van der Waals surface area contributed by atoms with E-state index >= 15 is 0 Å². The van der Waals surface area contributed by atoms with Gasteiger partial charge in [-0.1, -0.05) is 6.07 Å². The van der Waals surface area contributed by atoms with Gasteiger partial charge in [-0.3, -0.25) is 14.9 Å².